The number of rotatable bonds is 2. The molecule has 1 aliphatic rings. The molecule has 1 aromatic rings. The Morgan fingerprint density at radius 3 is 2.58 bits per heavy atom. The van der Waals surface area contributed by atoms with Crippen LogP contribution in [-0.4, -0.2) is 21.5 Å². The average molecular weight is 265 g/mol. The summed E-state index contributed by atoms with van der Waals surface area (Å²) >= 11 is 0. The fraction of sp³-hybridized carbons (Fsp3) is 0.714. The highest BCUT2D eigenvalue weighted by molar-refractivity contribution is 5.87. The lowest BCUT2D eigenvalue weighted by molar-refractivity contribution is 0.00631. The molecule has 0 spiro atoms. The van der Waals surface area contributed by atoms with E-state index in [0.29, 0.717) is 11.5 Å². The summed E-state index contributed by atoms with van der Waals surface area (Å²) in [6.45, 7) is 5.52. The van der Waals surface area contributed by atoms with Gasteiger partial charge in [-0.25, -0.2) is 9.78 Å². The minimum atomic E-state index is -0.506. The van der Waals surface area contributed by atoms with E-state index in [1.165, 1.54) is 12.6 Å². The van der Waals surface area contributed by atoms with Crippen LogP contribution in [0.4, 0.5) is 0 Å². The van der Waals surface area contributed by atoms with Gasteiger partial charge in [0, 0.05) is 0 Å². The Hall–Kier alpha value is -1.36. The normalized spacial score (nSPS) is 19.2. The standard InChI is InChI=1S/C14H23N3O2/c1-13(2,3)19-11(18)10-9-16-12(17-10)14(15)7-5-4-6-8-14/h9H,4-8,15H2,1-3H3,(H,16,17). The molecule has 0 unspecified atom stereocenters. The van der Waals surface area contributed by atoms with Gasteiger partial charge in [-0.15, -0.1) is 0 Å². The third kappa shape index (κ3) is 3.35. The maximum Gasteiger partial charge on any atom is 0.356 e. The molecule has 0 aliphatic heterocycles. The number of hydrogen-bond acceptors (Lipinski definition) is 4. The molecule has 0 amide bonds. The van der Waals surface area contributed by atoms with Gasteiger partial charge in [0.05, 0.1) is 11.7 Å². The number of hydrogen-bond donors (Lipinski definition) is 2. The second-order valence-corrected chi connectivity index (χ2v) is 6.36. The van der Waals surface area contributed by atoms with Crippen molar-refractivity contribution in [3.63, 3.8) is 0 Å². The van der Waals surface area contributed by atoms with Crippen LogP contribution >= 0.6 is 0 Å². The van der Waals surface area contributed by atoms with Gasteiger partial charge >= 0.3 is 5.97 Å². The molecule has 1 fully saturated rings. The molecule has 106 valence electrons. The van der Waals surface area contributed by atoms with Gasteiger partial charge in [-0.1, -0.05) is 19.3 Å². The van der Waals surface area contributed by atoms with Gasteiger partial charge in [0.1, 0.15) is 17.1 Å². The van der Waals surface area contributed by atoms with Crippen LogP contribution in [0.25, 0.3) is 0 Å². The van der Waals surface area contributed by atoms with E-state index in [-0.39, 0.29) is 5.97 Å². The molecule has 19 heavy (non-hydrogen) atoms. The first-order valence-corrected chi connectivity index (χ1v) is 6.88. The van der Waals surface area contributed by atoms with E-state index in [2.05, 4.69) is 9.97 Å². The van der Waals surface area contributed by atoms with Gasteiger partial charge < -0.3 is 15.5 Å². The highest BCUT2D eigenvalue weighted by Crippen LogP contribution is 2.33. The van der Waals surface area contributed by atoms with Gasteiger partial charge in [-0.2, -0.15) is 0 Å². The lowest BCUT2D eigenvalue weighted by Gasteiger charge is -2.31. The van der Waals surface area contributed by atoms with E-state index in [0.717, 1.165) is 25.7 Å². The van der Waals surface area contributed by atoms with E-state index >= 15 is 0 Å². The quantitative estimate of drug-likeness (QED) is 0.805. The van der Waals surface area contributed by atoms with Gasteiger partial charge in [0.15, 0.2) is 0 Å². The number of nitrogens with one attached hydrogen (secondary N) is 1. The number of carbonyl (C=O) groups excluding carboxylic acids is 1. The Morgan fingerprint density at radius 2 is 2.00 bits per heavy atom. The van der Waals surface area contributed by atoms with Gasteiger partial charge in [0.25, 0.3) is 0 Å². The molecule has 0 aromatic carbocycles. The summed E-state index contributed by atoms with van der Waals surface area (Å²) in [4.78, 5) is 19.2. The van der Waals surface area contributed by atoms with Gasteiger partial charge in [-0.05, 0) is 33.6 Å². The van der Waals surface area contributed by atoms with Crippen molar-refractivity contribution >= 4 is 5.97 Å². The number of aromatic nitrogens is 2. The highest BCUT2D eigenvalue weighted by atomic mass is 16.6. The van der Waals surface area contributed by atoms with Crippen LogP contribution in [0.5, 0.6) is 0 Å². The Balaban J connectivity index is 2.12. The van der Waals surface area contributed by atoms with E-state index in [4.69, 9.17) is 10.5 Å². The zero-order chi connectivity index (χ0) is 14.1. The number of imidazole rings is 1. The van der Waals surface area contributed by atoms with Crippen molar-refractivity contribution < 1.29 is 9.53 Å². The predicted molar refractivity (Wildman–Crippen MR) is 72.7 cm³/mol. The molecule has 0 saturated heterocycles. The number of esters is 1. The van der Waals surface area contributed by atoms with Crippen LogP contribution < -0.4 is 5.73 Å². The minimum Gasteiger partial charge on any atom is -0.455 e. The number of ether oxygens (including phenoxy) is 1. The Bertz CT molecular complexity index is 454. The molecular weight excluding hydrogens is 242 g/mol. The second-order valence-electron chi connectivity index (χ2n) is 6.36. The lowest BCUT2D eigenvalue weighted by atomic mass is 9.82. The van der Waals surface area contributed by atoms with Crippen LogP contribution in [0.2, 0.25) is 0 Å². The molecule has 1 aliphatic carbocycles. The predicted octanol–water partition coefficient (Wildman–Crippen LogP) is 2.48. The van der Waals surface area contributed by atoms with Crippen molar-refractivity contribution in [2.75, 3.05) is 0 Å². The zero-order valence-corrected chi connectivity index (χ0v) is 12.0. The van der Waals surface area contributed by atoms with Crippen LogP contribution in [0.1, 0.15) is 69.2 Å². The number of carbonyl (C=O) groups is 1. The summed E-state index contributed by atoms with van der Waals surface area (Å²) in [6, 6.07) is 0. The smallest absolute Gasteiger partial charge is 0.356 e. The fourth-order valence-electron chi connectivity index (χ4n) is 2.43. The third-order valence-electron chi connectivity index (χ3n) is 3.41. The molecule has 2 rings (SSSR count). The summed E-state index contributed by atoms with van der Waals surface area (Å²) in [7, 11) is 0. The Morgan fingerprint density at radius 1 is 1.37 bits per heavy atom. The van der Waals surface area contributed by atoms with Crippen molar-refractivity contribution in [2.45, 2.75) is 64.0 Å². The van der Waals surface area contributed by atoms with Crippen LogP contribution in [0, 0.1) is 0 Å². The van der Waals surface area contributed by atoms with Crippen LogP contribution in [0.15, 0.2) is 6.20 Å². The average Bonchev–Trinajstić information content (AvgIpc) is 2.77. The summed E-state index contributed by atoms with van der Waals surface area (Å²) in [5.74, 6) is 0.318. The Labute approximate surface area is 113 Å². The van der Waals surface area contributed by atoms with Crippen molar-refractivity contribution in [2.24, 2.45) is 5.73 Å². The van der Waals surface area contributed by atoms with Gasteiger partial charge in [0.2, 0.25) is 0 Å². The molecule has 3 N–H and O–H groups in total. The third-order valence-corrected chi connectivity index (χ3v) is 3.41. The van der Waals surface area contributed by atoms with Crippen molar-refractivity contribution in [3.05, 3.63) is 17.7 Å². The maximum atomic E-state index is 11.9. The molecule has 0 radical (unpaired) electrons. The van der Waals surface area contributed by atoms with E-state index in [1.807, 2.05) is 20.8 Å². The molecule has 5 nitrogen and oxygen atoms in total. The summed E-state index contributed by atoms with van der Waals surface area (Å²) in [6.07, 6.45) is 6.78. The molecule has 1 heterocycles. The number of aromatic amines is 1. The van der Waals surface area contributed by atoms with Crippen molar-refractivity contribution in [1.82, 2.24) is 9.97 Å². The number of H-pyrrole nitrogens is 1. The second kappa shape index (κ2) is 4.96. The fourth-order valence-corrected chi connectivity index (χ4v) is 2.43. The summed E-state index contributed by atoms with van der Waals surface area (Å²) in [5.41, 5.74) is 5.83. The van der Waals surface area contributed by atoms with E-state index in [9.17, 15) is 4.79 Å². The number of nitrogens with two attached hydrogens (primary N) is 1. The Kier molecular flexibility index (Phi) is 3.67. The topological polar surface area (TPSA) is 81.0 Å². The minimum absolute atomic E-state index is 0.375. The van der Waals surface area contributed by atoms with Crippen molar-refractivity contribution in [1.29, 1.82) is 0 Å². The van der Waals surface area contributed by atoms with E-state index in [1.54, 1.807) is 0 Å². The lowest BCUT2D eigenvalue weighted by Crippen LogP contribution is -2.39. The maximum absolute atomic E-state index is 11.9. The first-order valence-electron chi connectivity index (χ1n) is 6.88. The molecule has 0 atom stereocenters. The largest absolute Gasteiger partial charge is 0.455 e. The van der Waals surface area contributed by atoms with Gasteiger partial charge in [-0.3, -0.25) is 0 Å². The molecule has 1 saturated carbocycles. The monoisotopic (exact) mass is 265 g/mol. The van der Waals surface area contributed by atoms with Crippen LogP contribution in [0.3, 0.4) is 0 Å². The molecule has 0 bridgehead atoms. The van der Waals surface area contributed by atoms with E-state index < -0.39 is 11.1 Å². The van der Waals surface area contributed by atoms with Crippen LogP contribution in [-0.2, 0) is 10.3 Å². The number of nitrogens with zero attached hydrogens (tertiary/aromatic N) is 1. The zero-order valence-electron chi connectivity index (χ0n) is 12.0. The molecular formula is C14H23N3O2. The summed E-state index contributed by atoms with van der Waals surface area (Å²) < 4.78 is 5.31. The highest BCUT2D eigenvalue weighted by Gasteiger charge is 2.33. The summed E-state index contributed by atoms with van der Waals surface area (Å²) in [5, 5.41) is 0. The SMILES string of the molecule is CC(C)(C)OC(=O)c1cnc(C2(N)CCCCC2)[nH]1. The van der Waals surface area contributed by atoms with Crippen molar-refractivity contribution in [3.8, 4) is 0 Å². The molecule has 5 heteroatoms. The first kappa shape index (κ1) is 14.1. The molecule has 1 aromatic heterocycles. The first-order chi connectivity index (χ1) is 8.80.